The minimum Gasteiger partial charge on any atom is -0.287 e. The lowest BCUT2D eigenvalue weighted by Crippen LogP contribution is -2.13. The van der Waals surface area contributed by atoms with Crippen molar-refractivity contribution in [2.75, 3.05) is 0 Å². The molecule has 1 aromatic carbocycles. The van der Waals surface area contributed by atoms with E-state index in [9.17, 15) is 18.0 Å². The Kier molecular flexibility index (Phi) is 4.13. The van der Waals surface area contributed by atoms with E-state index in [2.05, 4.69) is 5.10 Å². The highest BCUT2D eigenvalue weighted by Crippen LogP contribution is 2.22. The molecule has 2 aromatic rings. The number of rotatable bonds is 4. The summed E-state index contributed by atoms with van der Waals surface area (Å²) in [6.07, 6.45) is 1.98. The van der Waals surface area contributed by atoms with E-state index in [1.54, 1.807) is 0 Å². The average molecular weight is 303 g/mol. The first-order valence-electron chi connectivity index (χ1n) is 5.86. The van der Waals surface area contributed by atoms with E-state index in [0.717, 1.165) is 0 Å². The lowest BCUT2D eigenvalue weighted by Gasteiger charge is -2.07. The first kappa shape index (κ1) is 14.6. The lowest BCUT2D eigenvalue weighted by atomic mass is 10.1. The number of halogens is 4. The Morgan fingerprint density at radius 1 is 1.30 bits per heavy atom. The topological polar surface area (TPSA) is 34.9 Å². The fourth-order valence-corrected chi connectivity index (χ4v) is 2.02. The molecule has 0 saturated carbocycles. The molecular weight excluding hydrogens is 293 g/mol. The van der Waals surface area contributed by atoms with Crippen molar-refractivity contribution in [1.29, 1.82) is 0 Å². The monoisotopic (exact) mass is 302 g/mol. The van der Waals surface area contributed by atoms with Gasteiger partial charge in [-0.25, -0.2) is 13.2 Å². The van der Waals surface area contributed by atoms with Gasteiger partial charge < -0.3 is 0 Å². The van der Waals surface area contributed by atoms with Crippen LogP contribution in [0.3, 0.4) is 0 Å². The summed E-state index contributed by atoms with van der Waals surface area (Å²) in [6, 6.07) is 1.28. The van der Waals surface area contributed by atoms with Crippen LogP contribution in [0.15, 0.2) is 18.3 Å². The lowest BCUT2D eigenvalue weighted by molar-refractivity contribution is 0.102. The van der Waals surface area contributed by atoms with Crippen LogP contribution in [0.2, 0.25) is 5.02 Å². The Balaban J connectivity index is 2.49. The number of ketones is 1. The number of hydrogen-bond acceptors (Lipinski definition) is 2. The van der Waals surface area contributed by atoms with Crippen molar-refractivity contribution in [3.63, 3.8) is 0 Å². The van der Waals surface area contributed by atoms with Crippen molar-refractivity contribution in [2.45, 2.75) is 19.9 Å². The van der Waals surface area contributed by atoms with Gasteiger partial charge in [0.25, 0.3) is 0 Å². The molecule has 3 nitrogen and oxygen atoms in total. The Morgan fingerprint density at radius 2 is 1.90 bits per heavy atom. The molecule has 2 rings (SSSR count). The van der Waals surface area contributed by atoms with Crippen LogP contribution in [0.4, 0.5) is 13.2 Å². The maximum absolute atomic E-state index is 13.2. The van der Waals surface area contributed by atoms with Gasteiger partial charge in [0.2, 0.25) is 5.78 Å². The molecule has 1 heterocycles. The zero-order valence-electron chi connectivity index (χ0n) is 10.5. The van der Waals surface area contributed by atoms with Gasteiger partial charge in [-0.1, -0.05) is 18.5 Å². The van der Waals surface area contributed by atoms with Crippen LogP contribution in [0.5, 0.6) is 0 Å². The van der Waals surface area contributed by atoms with Crippen molar-refractivity contribution in [3.8, 4) is 0 Å². The quantitative estimate of drug-likeness (QED) is 0.639. The van der Waals surface area contributed by atoms with Gasteiger partial charge in [-0.05, 0) is 18.6 Å². The summed E-state index contributed by atoms with van der Waals surface area (Å²) in [7, 11) is 0. The summed E-state index contributed by atoms with van der Waals surface area (Å²) in [5, 5.41) is 3.99. The van der Waals surface area contributed by atoms with E-state index in [1.165, 1.54) is 10.9 Å². The molecule has 0 amide bonds. The van der Waals surface area contributed by atoms with E-state index in [4.69, 9.17) is 11.6 Å². The summed E-state index contributed by atoms with van der Waals surface area (Å²) >= 11 is 5.87. The molecule has 20 heavy (non-hydrogen) atoms. The van der Waals surface area contributed by atoms with Crippen molar-refractivity contribution in [3.05, 3.63) is 52.1 Å². The van der Waals surface area contributed by atoms with E-state index < -0.39 is 23.2 Å². The van der Waals surface area contributed by atoms with Crippen molar-refractivity contribution < 1.29 is 18.0 Å². The zero-order valence-corrected chi connectivity index (χ0v) is 11.2. The smallest absolute Gasteiger partial charge is 0.212 e. The van der Waals surface area contributed by atoms with Crippen LogP contribution in [-0.4, -0.2) is 15.6 Å². The molecule has 0 N–H and O–H groups in total. The first-order chi connectivity index (χ1) is 9.45. The zero-order chi connectivity index (χ0) is 14.9. The second-order valence-electron chi connectivity index (χ2n) is 4.15. The second-order valence-corrected chi connectivity index (χ2v) is 4.55. The van der Waals surface area contributed by atoms with Gasteiger partial charge in [0.1, 0.15) is 5.69 Å². The first-order valence-corrected chi connectivity index (χ1v) is 6.24. The number of benzene rings is 1. The molecule has 0 spiro atoms. The Hall–Kier alpha value is -1.82. The van der Waals surface area contributed by atoms with E-state index >= 15 is 0 Å². The average Bonchev–Trinajstić information content (AvgIpc) is 2.76. The molecule has 0 bridgehead atoms. The summed E-state index contributed by atoms with van der Waals surface area (Å²) in [4.78, 5) is 12.2. The van der Waals surface area contributed by atoms with Gasteiger partial charge in [-0.15, -0.1) is 0 Å². The third kappa shape index (κ3) is 2.56. The fraction of sp³-hybridized carbons (Fsp3) is 0.231. The molecule has 0 atom stereocenters. The van der Waals surface area contributed by atoms with E-state index in [-0.39, 0.29) is 16.3 Å². The summed E-state index contributed by atoms with van der Waals surface area (Å²) < 4.78 is 40.6. The number of hydrogen-bond donors (Lipinski definition) is 0. The number of carbonyl (C=O) groups is 1. The van der Waals surface area contributed by atoms with E-state index in [0.29, 0.717) is 25.1 Å². The maximum Gasteiger partial charge on any atom is 0.212 e. The Bertz CT molecular complexity index is 647. The highest BCUT2D eigenvalue weighted by Gasteiger charge is 2.22. The minimum absolute atomic E-state index is 0.0268. The highest BCUT2D eigenvalue weighted by atomic mass is 35.5. The van der Waals surface area contributed by atoms with Gasteiger partial charge in [0.15, 0.2) is 17.5 Å². The SMILES string of the molecule is CCCn1ncc(Cl)c1C(=O)c1cc(F)c(F)c(F)c1. The minimum atomic E-state index is -1.62. The molecule has 0 aliphatic carbocycles. The van der Waals surface area contributed by atoms with Crippen LogP contribution in [0.1, 0.15) is 29.4 Å². The molecule has 106 valence electrons. The summed E-state index contributed by atoms with van der Waals surface area (Å²) in [5.74, 6) is -5.18. The highest BCUT2D eigenvalue weighted by molar-refractivity contribution is 6.34. The van der Waals surface area contributed by atoms with Crippen LogP contribution < -0.4 is 0 Å². The Morgan fingerprint density at radius 3 is 2.45 bits per heavy atom. The number of carbonyl (C=O) groups excluding carboxylic acids is 1. The van der Waals surface area contributed by atoms with Gasteiger partial charge in [-0.2, -0.15) is 5.10 Å². The largest absolute Gasteiger partial charge is 0.287 e. The summed E-state index contributed by atoms with van der Waals surface area (Å²) in [6.45, 7) is 2.31. The third-order valence-corrected chi connectivity index (χ3v) is 2.97. The molecule has 0 radical (unpaired) electrons. The van der Waals surface area contributed by atoms with Crippen molar-refractivity contribution >= 4 is 17.4 Å². The van der Waals surface area contributed by atoms with Crippen LogP contribution >= 0.6 is 11.6 Å². The standard InChI is InChI=1S/C13H10ClF3N2O/c1-2-3-19-12(8(14)6-18-19)13(20)7-4-9(15)11(17)10(16)5-7/h4-6H,2-3H2,1H3. The van der Waals surface area contributed by atoms with Gasteiger partial charge in [0, 0.05) is 12.1 Å². The molecule has 0 aliphatic rings. The Labute approximate surface area is 118 Å². The number of nitrogens with zero attached hydrogens (tertiary/aromatic N) is 2. The molecule has 0 fully saturated rings. The van der Waals surface area contributed by atoms with Crippen LogP contribution in [0, 0.1) is 17.5 Å². The van der Waals surface area contributed by atoms with Crippen molar-refractivity contribution in [2.24, 2.45) is 0 Å². The van der Waals surface area contributed by atoms with Gasteiger partial charge in [-0.3, -0.25) is 9.48 Å². The molecule has 1 aromatic heterocycles. The predicted molar refractivity (Wildman–Crippen MR) is 67.3 cm³/mol. The molecular formula is C13H10ClF3N2O. The van der Waals surface area contributed by atoms with Crippen LogP contribution in [-0.2, 0) is 6.54 Å². The summed E-state index contributed by atoms with van der Waals surface area (Å²) in [5.41, 5.74) is -0.292. The predicted octanol–water partition coefficient (Wildman–Crippen LogP) is 3.59. The van der Waals surface area contributed by atoms with E-state index in [1.807, 2.05) is 6.92 Å². The van der Waals surface area contributed by atoms with Crippen LogP contribution in [0.25, 0.3) is 0 Å². The third-order valence-electron chi connectivity index (χ3n) is 2.69. The molecule has 0 aliphatic heterocycles. The van der Waals surface area contributed by atoms with Crippen molar-refractivity contribution in [1.82, 2.24) is 9.78 Å². The second kappa shape index (κ2) is 5.66. The molecule has 7 heteroatoms. The molecule has 0 saturated heterocycles. The molecule has 0 unspecified atom stereocenters. The van der Waals surface area contributed by atoms with Gasteiger partial charge in [0.05, 0.1) is 11.2 Å². The fourth-order valence-electron chi connectivity index (χ4n) is 1.79. The number of aromatic nitrogens is 2. The number of aryl methyl sites for hydroxylation is 1. The normalized spacial score (nSPS) is 10.8. The van der Waals surface area contributed by atoms with Gasteiger partial charge >= 0.3 is 0 Å². The maximum atomic E-state index is 13.2.